The number of rotatable bonds is 6. The van der Waals surface area contributed by atoms with Crippen LogP contribution in [0.5, 0.6) is 0 Å². The van der Waals surface area contributed by atoms with E-state index in [1.54, 1.807) is 0 Å². The molecule has 2 aliphatic carbocycles. The van der Waals surface area contributed by atoms with Gasteiger partial charge in [0.25, 0.3) is 0 Å². The molecule has 0 aromatic rings. The molecule has 2 N–H and O–H groups in total. The Hall–Kier alpha value is -0.0200. The summed E-state index contributed by atoms with van der Waals surface area (Å²) in [5.74, 6) is 0. The van der Waals surface area contributed by atoms with Crippen molar-refractivity contribution in [2.24, 2.45) is 0 Å². The summed E-state index contributed by atoms with van der Waals surface area (Å²) in [6, 6.07) is 0. The zero-order chi connectivity index (χ0) is 21.5. The molecule has 0 fully saturated rings. The van der Waals surface area contributed by atoms with Gasteiger partial charge in [-0.05, 0) is 0 Å². The minimum atomic E-state index is 0. The molecule has 2 nitrogen and oxygen atoms in total. The summed E-state index contributed by atoms with van der Waals surface area (Å²) in [7, 11) is 2.75. The van der Waals surface area contributed by atoms with Crippen LogP contribution >= 0.6 is 0 Å². The van der Waals surface area contributed by atoms with E-state index in [1.807, 2.05) is 0 Å². The largest absolute Gasteiger partial charge is 2.00 e. The van der Waals surface area contributed by atoms with Crippen LogP contribution in [-0.4, -0.2) is 34.0 Å². The number of hydrogen-bond donors (Lipinski definition) is 2. The van der Waals surface area contributed by atoms with Crippen LogP contribution in [0.3, 0.4) is 0 Å². The van der Waals surface area contributed by atoms with Gasteiger partial charge >= 0.3 is 26.2 Å². The molecule has 0 saturated heterocycles. The molecule has 161 valence electrons. The van der Waals surface area contributed by atoms with Crippen molar-refractivity contribution in [3.63, 3.8) is 0 Å². The molecule has 4 heteroatoms. The zero-order valence-electron chi connectivity index (χ0n) is 19.8. The zero-order valence-corrected chi connectivity index (χ0v) is 23.4. The summed E-state index contributed by atoms with van der Waals surface area (Å²) in [6.07, 6.45) is 21.0. The minimum absolute atomic E-state index is 0. The normalized spacial score (nSPS) is 13.2. The van der Waals surface area contributed by atoms with Crippen LogP contribution in [0.1, 0.15) is 79.1 Å². The van der Waals surface area contributed by atoms with Crippen molar-refractivity contribution in [3.05, 3.63) is 46.6 Å². The molecule has 0 atom stereocenters. The minimum Gasteiger partial charge on any atom is -0.400 e. The van der Waals surface area contributed by atoms with Crippen molar-refractivity contribution < 1.29 is 36.4 Å². The third kappa shape index (κ3) is 20.7. The van der Waals surface area contributed by atoms with Crippen molar-refractivity contribution in [1.29, 1.82) is 0 Å². The summed E-state index contributed by atoms with van der Waals surface area (Å²) in [4.78, 5) is 0. The fourth-order valence-electron chi connectivity index (χ4n) is 2.46. The Labute approximate surface area is 198 Å². The fraction of sp³-hybridized carbons (Fsp3) is 0.667. The fourth-order valence-corrected chi connectivity index (χ4v) is 2.46. The van der Waals surface area contributed by atoms with Crippen molar-refractivity contribution in [1.82, 2.24) is 0 Å². The van der Waals surface area contributed by atoms with Gasteiger partial charge in [-0.1, -0.05) is 65.5 Å². The van der Waals surface area contributed by atoms with E-state index in [4.69, 9.17) is 10.2 Å². The van der Waals surface area contributed by atoms with Crippen LogP contribution in [-0.2, 0) is 26.2 Å². The van der Waals surface area contributed by atoms with E-state index in [0.717, 1.165) is 36.6 Å². The van der Waals surface area contributed by atoms with Crippen molar-refractivity contribution in [3.8, 4) is 0 Å². The molecular formula is C24H45O2SiZr. The molecule has 0 aliphatic heterocycles. The Morgan fingerprint density at radius 2 is 1.07 bits per heavy atom. The first-order valence-corrected chi connectivity index (χ1v) is 12.6. The van der Waals surface area contributed by atoms with Gasteiger partial charge in [0.1, 0.15) is 0 Å². The molecule has 0 unspecified atom stereocenters. The first-order chi connectivity index (χ1) is 13.1. The second-order valence-corrected chi connectivity index (χ2v) is 7.43. The number of unbranched alkanes of at least 4 members (excludes halogenated alkanes) is 2. The second kappa shape index (κ2) is 29.2. The summed E-state index contributed by atoms with van der Waals surface area (Å²) >= 11 is 0. The van der Waals surface area contributed by atoms with Gasteiger partial charge < -0.3 is 10.2 Å². The average Bonchev–Trinajstić information content (AvgIpc) is 3.30. The summed E-state index contributed by atoms with van der Waals surface area (Å²) in [5.41, 5.74) is 5.82. The maximum absolute atomic E-state index is 7.00. The molecule has 2 aliphatic rings. The third-order valence-electron chi connectivity index (χ3n) is 3.96. The van der Waals surface area contributed by atoms with E-state index in [-0.39, 0.29) is 26.2 Å². The number of allylic oxidation sites excluding steroid dienone is 8. The first kappa shape index (κ1) is 35.4. The van der Waals surface area contributed by atoms with Crippen LogP contribution in [0.15, 0.2) is 34.4 Å². The number of aliphatic hydroxyl groups excluding tert-OH is 2. The molecule has 0 aromatic carbocycles. The standard InChI is InChI=1S/2C10H15.C2H7Si.2CH4O.Zr/c2*1-3-4-7-10-8-5-6-9(10)2;1-3-2;2*1-2;/h2*6H,3-5,7H2,1-2H3;3H,1-2H3;2*2H,1H3;/q2*-1;;;;+2. The molecule has 1 radical (unpaired) electrons. The van der Waals surface area contributed by atoms with E-state index in [1.165, 1.54) is 60.8 Å². The van der Waals surface area contributed by atoms with Crippen LogP contribution in [0.2, 0.25) is 13.1 Å². The smallest absolute Gasteiger partial charge is 0.400 e. The van der Waals surface area contributed by atoms with Crippen LogP contribution in [0, 0.1) is 12.2 Å². The van der Waals surface area contributed by atoms with Gasteiger partial charge in [-0.3, -0.25) is 12.2 Å². The van der Waals surface area contributed by atoms with Crippen LogP contribution in [0.25, 0.3) is 0 Å². The topological polar surface area (TPSA) is 40.5 Å². The molecule has 2 rings (SSSR count). The van der Waals surface area contributed by atoms with Gasteiger partial charge in [0.15, 0.2) is 0 Å². The number of hydrogen-bond acceptors (Lipinski definition) is 2. The predicted molar refractivity (Wildman–Crippen MR) is 124 cm³/mol. The molecule has 0 saturated carbocycles. The van der Waals surface area contributed by atoms with Gasteiger partial charge in [0, 0.05) is 23.7 Å². The molecule has 28 heavy (non-hydrogen) atoms. The molecule has 0 amide bonds. The van der Waals surface area contributed by atoms with E-state index < -0.39 is 0 Å². The summed E-state index contributed by atoms with van der Waals surface area (Å²) in [5, 5.41) is 14.0. The van der Waals surface area contributed by atoms with E-state index in [2.05, 4.69) is 65.1 Å². The Bertz CT molecular complexity index is 398. The third-order valence-corrected chi connectivity index (χ3v) is 3.96. The SMILES string of the molecule is CCCCC1=[C-]CC=C1C.CCCCC1=[C-]CC=C1C.CO.CO.C[SiH]C.[Zr+2]. The Morgan fingerprint density at radius 3 is 1.25 bits per heavy atom. The van der Waals surface area contributed by atoms with Gasteiger partial charge in [-0.25, -0.2) is 22.3 Å². The van der Waals surface area contributed by atoms with Gasteiger partial charge in [0.05, 0.1) is 0 Å². The first-order valence-electron chi connectivity index (χ1n) is 10.3. The van der Waals surface area contributed by atoms with Crippen molar-refractivity contribution in [2.45, 2.75) is 92.2 Å². The van der Waals surface area contributed by atoms with Gasteiger partial charge in [-0.2, -0.15) is 12.2 Å². The second-order valence-electron chi connectivity index (χ2n) is 6.28. The average molecular weight is 485 g/mol. The van der Waals surface area contributed by atoms with Gasteiger partial charge in [-0.15, -0.1) is 26.7 Å². The molecule has 0 aromatic heterocycles. The maximum atomic E-state index is 7.00. The van der Waals surface area contributed by atoms with E-state index >= 15 is 0 Å². The summed E-state index contributed by atoms with van der Waals surface area (Å²) in [6.45, 7) is 13.2. The maximum Gasteiger partial charge on any atom is 2.00 e. The Kier molecular flexibility index (Phi) is 36.9. The Morgan fingerprint density at radius 1 is 0.786 bits per heavy atom. The summed E-state index contributed by atoms with van der Waals surface area (Å²) < 4.78 is 0. The number of aliphatic hydroxyl groups is 2. The van der Waals surface area contributed by atoms with E-state index in [9.17, 15) is 0 Å². The Balaban J connectivity index is -0.000000152. The monoisotopic (exact) mass is 483 g/mol. The van der Waals surface area contributed by atoms with Crippen LogP contribution < -0.4 is 0 Å². The van der Waals surface area contributed by atoms with Crippen molar-refractivity contribution in [2.75, 3.05) is 14.2 Å². The predicted octanol–water partition coefficient (Wildman–Crippen LogP) is 6.25. The van der Waals surface area contributed by atoms with Crippen molar-refractivity contribution >= 4 is 9.52 Å². The molecule has 0 bridgehead atoms. The van der Waals surface area contributed by atoms with Crippen LogP contribution in [0.4, 0.5) is 0 Å². The molecular weight excluding hydrogens is 440 g/mol. The molecule has 0 heterocycles. The van der Waals surface area contributed by atoms with E-state index in [0.29, 0.717) is 0 Å². The quantitative estimate of drug-likeness (QED) is 0.346. The van der Waals surface area contributed by atoms with Gasteiger partial charge in [0.2, 0.25) is 0 Å². The molecule has 0 spiro atoms.